The number of carbonyl (C=O) groups excluding carboxylic acids is 1. The van der Waals surface area contributed by atoms with Gasteiger partial charge in [-0.05, 0) is 42.5 Å². The molecule has 0 atom stereocenters. The molecule has 0 saturated heterocycles. The van der Waals surface area contributed by atoms with Crippen molar-refractivity contribution in [1.82, 2.24) is 4.98 Å². The molecule has 10 nitrogen and oxygen atoms in total. The maximum atomic E-state index is 13.1. The lowest BCUT2D eigenvalue weighted by Gasteiger charge is -2.21. The van der Waals surface area contributed by atoms with Crippen LogP contribution in [0.4, 0.5) is 11.4 Å². The molecule has 0 aliphatic carbocycles. The van der Waals surface area contributed by atoms with Crippen LogP contribution in [0.3, 0.4) is 0 Å². The van der Waals surface area contributed by atoms with Crippen molar-refractivity contribution >= 4 is 38.2 Å². The molecule has 1 amide bonds. The zero-order chi connectivity index (χ0) is 23.8. The van der Waals surface area contributed by atoms with Gasteiger partial charge in [0.25, 0.3) is 15.7 Å². The Bertz CT molecular complexity index is 1560. The second-order valence-corrected chi connectivity index (χ2v) is 8.70. The SMILES string of the molecule is CC(=O)N(c1ccc(-c2nc3ccccc3c(=O)o2)cc1)S(=O)(=O)c1cccc([N+](=O)[O-])c1. The molecule has 0 unspecified atom stereocenters. The molecule has 0 saturated carbocycles. The lowest BCUT2D eigenvalue weighted by Crippen LogP contribution is -2.35. The minimum absolute atomic E-state index is 0.000826. The third-order valence-electron chi connectivity index (χ3n) is 4.74. The summed E-state index contributed by atoms with van der Waals surface area (Å²) in [4.78, 5) is 38.7. The maximum Gasteiger partial charge on any atom is 0.347 e. The van der Waals surface area contributed by atoms with E-state index in [0.29, 0.717) is 20.8 Å². The Morgan fingerprint density at radius 1 is 1.03 bits per heavy atom. The Hall–Kier alpha value is -4.38. The predicted molar refractivity (Wildman–Crippen MR) is 119 cm³/mol. The summed E-state index contributed by atoms with van der Waals surface area (Å²) in [6.45, 7) is 1.06. The van der Waals surface area contributed by atoms with Crippen LogP contribution >= 0.6 is 0 Å². The van der Waals surface area contributed by atoms with E-state index in [4.69, 9.17) is 4.42 Å². The van der Waals surface area contributed by atoms with E-state index in [1.165, 1.54) is 36.4 Å². The predicted octanol–water partition coefficient (Wildman–Crippen LogP) is 3.51. The number of hydrogen-bond acceptors (Lipinski definition) is 8. The van der Waals surface area contributed by atoms with Gasteiger partial charge < -0.3 is 4.42 Å². The van der Waals surface area contributed by atoms with Gasteiger partial charge in [-0.1, -0.05) is 18.2 Å². The van der Waals surface area contributed by atoms with E-state index in [1.54, 1.807) is 24.3 Å². The van der Waals surface area contributed by atoms with E-state index in [9.17, 15) is 28.1 Å². The first-order chi connectivity index (χ1) is 15.7. The third-order valence-corrected chi connectivity index (χ3v) is 6.54. The maximum absolute atomic E-state index is 13.1. The topological polar surface area (TPSA) is 141 Å². The molecule has 4 aromatic rings. The first kappa shape index (κ1) is 21.8. The van der Waals surface area contributed by atoms with Gasteiger partial charge in [-0.3, -0.25) is 14.9 Å². The number of nitro benzene ring substituents is 1. The van der Waals surface area contributed by atoms with E-state index in [0.717, 1.165) is 19.1 Å². The summed E-state index contributed by atoms with van der Waals surface area (Å²) >= 11 is 0. The molecule has 0 radical (unpaired) electrons. The van der Waals surface area contributed by atoms with Gasteiger partial charge in [0.05, 0.1) is 26.4 Å². The summed E-state index contributed by atoms with van der Waals surface area (Å²) in [5.74, 6) is -0.786. The minimum atomic E-state index is -4.43. The highest BCUT2D eigenvalue weighted by molar-refractivity contribution is 7.93. The number of para-hydroxylation sites is 1. The lowest BCUT2D eigenvalue weighted by molar-refractivity contribution is -0.385. The Morgan fingerprint density at radius 3 is 2.39 bits per heavy atom. The average Bonchev–Trinajstić information content (AvgIpc) is 2.79. The summed E-state index contributed by atoms with van der Waals surface area (Å²) in [5.41, 5.74) is -0.171. The Kier molecular flexibility index (Phi) is 5.48. The minimum Gasteiger partial charge on any atom is -0.403 e. The normalized spacial score (nSPS) is 11.3. The summed E-state index contributed by atoms with van der Waals surface area (Å²) in [6, 6.07) is 16.7. The van der Waals surface area contributed by atoms with Gasteiger partial charge in [-0.15, -0.1) is 0 Å². The number of benzene rings is 3. The van der Waals surface area contributed by atoms with Crippen LogP contribution in [0.5, 0.6) is 0 Å². The Balaban J connectivity index is 1.75. The number of nitrogens with zero attached hydrogens (tertiary/aromatic N) is 3. The van der Waals surface area contributed by atoms with E-state index >= 15 is 0 Å². The number of amides is 1. The molecule has 3 aromatic carbocycles. The fourth-order valence-electron chi connectivity index (χ4n) is 3.23. The number of hydrogen-bond donors (Lipinski definition) is 0. The van der Waals surface area contributed by atoms with Gasteiger partial charge in [0.2, 0.25) is 11.8 Å². The quantitative estimate of drug-likeness (QED) is 0.322. The second kappa shape index (κ2) is 8.28. The molecule has 11 heteroatoms. The summed E-state index contributed by atoms with van der Waals surface area (Å²) in [5, 5.41) is 11.3. The van der Waals surface area contributed by atoms with Crippen LogP contribution in [0.2, 0.25) is 0 Å². The van der Waals surface area contributed by atoms with Crippen molar-refractivity contribution in [1.29, 1.82) is 0 Å². The van der Waals surface area contributed by atoms with Crippen molar-refractivity contribution in [3.05, 3.63) is 93.3 Å². The van der Waals surface area contributed by atoms with E-state index in [-0.39, 0.29) is 11.6 Å². The molecule has 0 aliphatic heterocycles. The van der Waals surface area contributed by atoms with Gasteiger partial charge in [0.1, 0.15) is 0 Å². The van der Waals surface area contributed by atoms with Gasteiger partial charge >= 0.3 is 5.63 Å². The Labute approximate surface area is 186 Å². The van der Waals surface area contributed by atoms with Crippen LogP contribution in [0.1, 0.15) is 6.92 Å². The van der Waals surface area contributed by atoms with Crippen molar-refractivity contribution in [3.8, 4) is 11.5 Å². The molecule has 1 heterocycles. The Morgan fingerprint density at radius 2 is 1.73 bits per heavy atom. The number of aromatic nitrogens is 1. The molecule has 0 spiro atoms. The standard InChI is InChI=1S/C22H15N3O7S/c1-14(26)24(33(30,31)18-6-4-5-17(13-18)25(28)29)16-11-9-15(10-12-16)21-23-20-8-3-2-7-19(20)22(27)32-21/h2-13H,1H3. The van der Waals surface area contributed by atoms with Crippen LogP contribution in [-0.2, 0) is 14.8 Å². The molecule has 0 aliphatic rings. The molecular formula is C22H15N3O7S. The highest BCUT2D eigenvalue weighted by Gasteiger charge is 2.30. The molecule has 166 valence electrons. The van der Waals surface area contributed by atoms with Crippen molar-refractivity contribution in [2.24, 2.45) is 0 Å². The van der Waals surface area contributed by atoms with Crippen LogP contribution in [-0.4, -0.2) is 24.2 Å². The van der Waals surface area contributed by atoms with Gasteiger partial charge in [0.15, 0.2) is 0 Å². The van der Waals surface area contributed by atoms with Gasteiger partial charge in [-0.2, -0.15) is 0 Å². The lowest BCUT2D eigenvalue weighted by atomic mass is 10.2. The summed E-state index contributed by atoms with van der Waals surface area (Å²) < 4.78 is 32.0. The van der Waals surface area contributed by atoms with Crippen LogP contribution in [0.25, 0.3) is 22.4 Å². The number of sulfonamides is 1. The van der Waals surface area contributed by atoms with Gasteiger partial charge in [-0.25, -0.2) is 22.5 Å². The number of anilines is 1. The van der Waals surface area contributed by atoms with E-state index in [2.05, 4.69) is 4.98 Å². The number of rotatable bonds is 5. The number of fused-ring (bicyclic) bond motifs is 1. The van der Waals surface area contributed by atoms with E-state index < -0.39 is 37.1 Å². The van der Waals surface area contributed by atoms with Crippen molar-refractivity contribution < 1.29 is 22.6 Å². The second-order valence-electron chi connectivity index (χ2n) is 6.91. The zero-order valence-electron chi connectivity index (χ0n) is 17.0. The number of carbonyl (C=O) groups is 1. The molecule has 33 heavy (non-hydrogen) atoms. The molecular weight excluding hydrogens is 450 g/mol. The average molecular weight is 465 g/mol. The van der Waals surface area contributed by atoms with Crippen molar-refractivity contribution in [3.63, 3.8) is 0 Å². The van der Waals surface area contributed by atoms with Gasteiger partial charge in [0, 0.05) is 24.6 Å². The molecule has 0 bridgehead atoms. The summed E-state index contributed by atoms with van der Waals surface area (Å²) in [6.07, 6.45) is 0. The summed E-state index contributed by atoms with van der Waals surface area (Å²) in [7, 11) is -4.43. The van der Waals surface area contributed by atoms with Crippen LogP contribution in [0, 0.1) is 10.1 Å². The first-order valence-electron chi connectivity index (χ1n) is 9.49. The van der Waals surface area contributed by atoms with Crippen LogP contribution in [0.15, 0.2) is 86.9 Å². The van der Waals surface area contributed by atoms with Crippen molar-refractivity contribution in [2.75, 3.05) is 4.31 Å². The zero-order valence-corrected chi connectivity index (χ0v) is 17.9. The molecule has 0 N–H and O–H groups in total. The fraction of sp³-hybridized carbons (Fsp3) is 0.0455. The molecule has 1 aromatic heterocycles. The number of non-ortho nitro benzene ring substituents is 1. The largest absolute Gasteiger partial charge is 0.403 e. The molecule has 0 fully saturated rings. The fourth-order valence-corrected chi connectivity index (χ4v) is 4.70. The molecule has 4 rings (SSSR count). The van der Waals surface area contributed by atoms with E-state index in [1.807, 2.05) is 0 Å². The first-order valence-corrected chi connectivity index (χ1v) is 10.9. The third kappa shape index (κ3) is 4.08. The highest BCUT2D eigenvalue weighted by Crippen LogP contribution is 2.28. The smallest absolute Gasteiger partial charge is 0.347 e. The number of nitro groups is 1. The monoisotopic (exact) mass is 465 g/mol. The van der Waals surface area contributed by atoms with Crippen molar-refractivity contribution in [2.45, 2.75) is 11.8 Å². The van der Waals surface area contributed by atoms with Crippen LogP contribution < -0.4 is 9.93 Å². The highest BCUT2D eigenvalue weighted by atomic mass is 32.2.